The van der Waals surface area contributed by atoms with Gasteiger partial charge in [-0.2, -0.15) is 11.8 Å². The van der Waals surface area contributed by atoms with Crippen LogP contribution in [0.5, 0.6) is 0 Å². The summed E-state index contributed by atoms with van der Waals surface area (Å²) in [6.07, 6.45) is 3.75. The first-order valence-electron chi connectivity index (χ1n) is 6.00. The van der Waals surface area contributed by atoms with Crippen molar-refractivity contribution in [3.8, 4) is 0 Å². The van der Waals surface area contributed by atoms with Gasteiger partial charge in [0.1, 0.15) is 0 Å². The molecule has 0 radical (unpaired) electrons. The molecule has 0 bridgehead atoms. The summed E-state index contributed by atoms with van der Waals surface area (Å²) in [6, 6.07) is 0. The molecule has 0 aromatic heterocycles. The van der Waals surface area contributed by atoms with E-state index in [2.05, 4.69) is 44.5 Å². The fourth-order valence-electron chi connectivity index (χ4n) is 2.28. The zero-order chi connectivity index (χ0) is 11.5. The maximum Gasteiger partial charge on any atom is 0.0424 e. The van der Waals surface area contributed by atoms with E-state index >= 15 is 0 Å². The monoisotopic (exact) mass is 230 g/mol. The molecule has 0 amide bonds. The zero-order valence-corrected chi connectivity index (χ0v) is 11.5. The van der Waals surface area contributed by atoms with E-state index in [1.807, 2.05) is 0 Å². The van der Waals surface area contributed by atoms with Gasteiger partial charge in [-0.15, -0.1) is 0 Å². The van der Waals surface area contributed by atoms with Crippen molar-refractivity contribution in [3.63, 3.8) is 0 Å². The number of nitrogens with two attached hydrogens (primary N) is 1. The van der Waals surface area contributed by atoms with Gasteiger partial charge in [-0.3, -0.25) is 4.90 Å². The largest absolute Gasteiger partial charge is 0.329 e. The second kappa shape index (κ2) is 5.07. The van der Waals surface area contributed by atoms with Gasteiger partial charge < -0.3 is 5.73 Å². The van der Waals surface area contributed by atoms with E-state index in [4.69, 9.17) is 5.73 Å². The Hall–Kier alpha value is 0.270. The molecule has 15 heavy (non-hydrogen) atoms. The van der Waals surface area contributed by atoms with Crippen LogP contribution in [0, 0.1) is 0 Å². The minimum atomic E-state index is 0.239. The van der Waals surface area contributed by atoms with Gasteiger partial charge in [0.15, 0.2) is 0 Å². The van der Waals surface area contributed by atoms with Crippen LogP contribution < -0.4 is 5.73 Å². The lowest BCUT2D eigenvalue weighted by molar-refractivity contribution is 0.0309. The van der Waals surface area contributed by atoms with Crippen LogP contribution in [0.1, 0.15) is 40.0 Å². The molecule has 2 nitrogen and oxygen atoms in total. The molecule has 1 heterocycles. The lowest BCUT2D eigenvalue weighted by atomic mass is 9.87. The topological polar surface area (TPSA) is 29.3 Å². The molecule has 3 heteroatoms. The predicted octanol–water partition coefficient (Wildman–Crippen LogP) is 2.33. The van der Waals surface area contributed by atoms with Gasteiger partial charge in [0.25, 0.3) is 0 Å². The summed E-state index contributed by atoms with van der Waals surface area (Å²) in [5, 5.41) is 0. The van der Waals surface area contributed by atoms with E-state index < -0.39 is 0 Å². The molecule has 1 fully saturated rings. The Morgan fingerprint density at radius 2 is 2.13 bits per heavy atom. The lowest BCUT2D eigenvalue weighted by Crippen LogP contribution is -2.62. The Kier molecular flexibility index (Phi) is 4.50. The summed E-state index contributed by atoms with van der Waals surface area (Å²) >= 11 is 2.06. The second-order valence-corrected chi connectivity index (χ2v) is 6.41. The van der Waals surface area contributed by atoms with Crippen LogP contribution in [0.3, 0.4) is 0 Å². The van der Waals surface area contributed by atoms with E-state index in [0.717, 1.165) is 6.54 Å². The normalized spacial score (nSPS) is 28.4. The third kappa shape index (κ3) is 2.69. The number of likely N-dealkylation sites (N-methyl/N-ethyl adjacent to an activating group) is 1. The number of rotatable bonds is 4. The van der Waals surface area contributed by atoms with Gasteiger partial charge in [0.05, 0.1) is 0 Å². The summed E-state index contributed by atoms with van der Waals surface area (Å²) in [5.41, 5.74) is 6.54. The van der Waals surface area contributed by atoms with E-state index in [1.165, 1.54) is 30.8 Å². The van der Waals surface area contributed by atoms with Crippen LogP contribution in [-0.2, 0) is 0 Å². The van der Waals surface area contributed by atoms with Crippen molar-refractivity contribution in [1.29, 1.82) is 0 Å². The minimum Gasteiger partial charge on any atom is -0.329 e. The third-order valence-electron chi connectivity index (χ3n) is 4.17. The molecule has 1 atom stereocenters. The molecule has 1 unspecified atom stereocenters. The van der Waals surface area contributed by atoms with E-state index in [-0.39, 0.29) is 11.1 Å². The van der Waals surface area contributed by atoms with Crippen molar-refractivity contribution >= 4 is 11.8 Å². The molecule has 2 N–H and O–H groups in total. The first-order valence-corrected chi connectivity index (χ1v) is 7.16. The summed E-state index contributed by atoms with van der Waals surface area (Å²) in [5.74, 6) is 2.51. The Morgan fingerprint density at radius 1 is 1.47 bits per heavy atom. The summed E-state index contributed by atoms with van der Waals surface area (Å²) in [7, 11) is 2.25. The van der Waals surface area contributed by atoms with Crippen LogP contribution in [-0.4, -0.2) is 41.1 Å². The maximum absolute atomic E-state index is 6.04. The SMILES string of the molecule is CCC(C)(C)N(C)C1(CN)CCCSC1. The predicted molar refractivity (Wildman–Crippen MR) is 70.5 cm³/mol. The molecule has 0 aromatic rings. The highest BCUT2D eigenvalue weighted by Gasteiger charge is 2.40. The van der Waals surface area contributed by atoms with Crippen LogP contribution in [0.15, 0.2) is 0 Å². The first-order chi connectivity index (χ1) is 6.98. The molecule has 0 saturated carbocycles. The van der Waals surface area contributed by atoms with Gasteiger partial charge in [-0.05, 0) is 45.9 Å². The number of hydrogen-bond acceptors (Lipinski definition) is 3. The third-order valence-corrected chi connectivity index (χ3v) is 5.49. The highest BCUT2D eigenvalue weighted by molar-refractivity contribution is 7.99. The molecule has 1 aliphatic rings. The molecule has 90 valence electrons. The maximum atomic E-state index is 6.04. The van der Waals surface area contributed by atoms with Crippen molar-refractivity contribution in [2.24, 2.45) is 5.73 Å². The van der Waals surface area contributed by atoms with Crippen molar-refractivity contribution in [2.45, 2.75) is 51.1 Å². The summed E-state index contributed by atoms with van der Waals surface area (Å²) in [6.45, 7) is 7.70. The van der Waals surface area contributed by atoms with E-state index in [0.29, 0.717) is 0 Å². The molecule has 0 spiro atoms. The standard InChI is InChI=1S/C12H26N2S/c1-5-11(2,3)14(4)12(9-13)7-6-8-15-10-12/h5-10,13H2,1-4H3. The molecule has 1 saturated heterocycles. The Balaban J connectivity index is 2.80. The number of hydrogen-bond donors (Lipinski definition) is 1. The van der Waals surface area contributed by atoms with Gasteiger partial charge in [0, 0.05) is 23.4 Å². The fraction of sp³-hybridized carbons (Fsp3) is 1.00. The average molecular weight is 230 g/mol. The van der Waals surface area contributed by atoms with Gasteiger partial charge in [-0.25, -0.2) is 0 Å². The van der Waals surface area contributed by atoms with E-state index in [1.54, 1.807) is 0 Å². The lowest BCUT2D eigenvalue weighted by Gasteiger charge is -2.51. The Bertz CT molecular complexity index is 198. The highest BCUT2D eigenvalue weighted by atomic mass is 32.2. The fourth-order valence-corrected chi connectivity index (χ4v) is 3.61. The zero-order valence-electron chi connectivity index (χ0n) is 10.7. The molecule has 1 rings (SSSR count). The average Bonchev–Trinajstić information content (AvgIpc) is 2.29. The second-order valence-electron chi connectivity index (χ2n) is 5.31. The molecule has 0 aliphatic carbocycles. The Morgan fingerprint density at radius 3 is 2.53 bits per heavy atom. The molecule has 1 aliphatic heterocycles. The van der Waals surface area contributed by atoms with Crippen LogP contribution in [0.4, 0.5) is 0 Å². The van der Waals surface area contributed by atoms with Crippen LogP contribution in [0.2, 0.25) is 0 Å². The summed E-state index contributed by atoms with van der Waals surface area (Å²) in [4.78, 5) is 2.53. The van der Waals surface area contributed by atoms with Crippen molar-refractivity contribution in [1.82, 2.24) is 4.90 Å². The molecular formula is C12H26N2S. The van der Waals surface area contributed by atoms with Gasteiger partial charge >= 0.3 is 0 Å². The number of thioether (sulfide) groups is 1. The number of nitrogens with zero attached hydrogens (tertiary/aromatic N) is 1. The first kappa shape index (κ1) is 13.3. The van der Waals surface area contributed by atoms with Gasteiger partial charge in [-0.1, -0.05) is 6.92 Å². The smallest absolute Gasteiger partial charge is 0.0424 e. The van der Waals surface area contributed by atoms with Crippen LogP contribution in [0.25, 0.3) is 0 Å². The Labute approximate surface area is 99.0 Å². The minimum absolute atomic E-state index is 0.239. The van der Waals surface area contributed by atoms with Crippen LogP contribution >= 0.6 is 11.8 Å². The van der Waals surface area contributed by atoms with E-state index in [9.17, 15) is 0 Å². The highest BCUT2D eigenvalue weighted by Crippen LogP contribution is 2.35. The van der Waals surface area contributed by atoms with Crippen molar-refractivity contribution in [3.05, 3.63) is 0 Å². The van der Waals surface area contributed by atoms with Crippen molar-refractivity contribution < 1.29 is 0 Å². The molecular weight excluding hydrogens is 204 g/mol. The van der Waals surface area contributed by atoms with Crippen molar-refractivity contribution in [2.75, 3.05) is 25.1 Å². The summed E-state index contributed by atoms with van der Waals surface area (Å²) < 4.78 is 0. The van der Waals surface area contributed by atoms with Gasteiger partial charge in [0.2, 0.25) is 0 Å². The molecule has 0 aromatic carbocycles. The quantitative estimate of drug-likeness (QED) is 0.804.